The average molecular weight is 490 g/mol. The van der Waals surface area contributed by atoms with Gasteiger partial charge in [0.2, 0.25) is 11.8 Å². The molecule has 0 aliphatic rings. The quantitative estimate of drug-likeness (QED) is 0.387. The number of primary amides is 1. The van der Waals surface area contributed by atoms with Gasteiger partial charge in [-0.3, -0.25) is 14.4 Å². The lowest BCUT2D eigenvalue weighted by Gasteiger charge is -2.08. The molecule has 4 aromatic rings. The zero-order valence-electron chi connectivity index (χ0n) is 18.5. The van der Waals surface area contributed by atoms with Crippen molar-refractivity contribution in [1.82, 2.24) is 19.9 Å². The predicted octanol–water partition coefficient (Wildman–Crippen LogP) is 3.58. The number of halogens is 1. The number of nitrogens with zero attached hydrogens (tertiary/aromatic N) is 4. The number of amides is 3. The summed E-state index contributed by atoms with van der Waals surface area (Å²) in [4.78, 5) is 50.0. The van der Waals surface area contributed by atoms with Crippen molar-refractivity contribution in [3.63, 3.8) is 0 Å². The molecular formula is C24H20ClN7O3. The fraction of sp³-hybridized carbons (Fsp3) is 0.0417. The Morgan fingerprint density at radius 2 is 1.54 bits per heavy atom. The van der Waals surface area contributed by atoms with Crippen molar-refractivity contribution in [2.45, 2.75) is 6.92 Å². The Hall–Kier alpha value is -4.70. The van der Waals surface area contributed by atoms with Crippen molar-refractivity contribution in [1.29, 1.82) is 0 Å². The third-order valence-electron chi connectivity index (χ3n) is 4.35. The van der Waals surface area contributed by atoms with Crippen LogP contribution in [0.2, 0.25) is 5.02 Å². The molecule has 0 aliphatic heterocycles. The van der Waals surface area contributed by atoms with Crippen LogP contribution in [0.4, 0.5) is 11.4 Å². The number of carbonyl (C=O) groups is 3. The van der Waals surface area contributed by atoms with Crippen LogP contribution in [0.3, 0.4) is 0 Å². The third-order valence-corrected chi connectivity index (χ3v) is 4.68. The smallest absolute Gasteiger partial charge is 0.257 e. The van der Waals surface area contributed by atoms with E-state index in [9.17, 15) is 14.4 Å². The first-order chi connectivity index (χ1) is 16.8. The van der Waals surface area contributed by atoms with Gasteiger partial charge in [-0.25, -0.2) is 19.9 Å². The van der Waals surface area contributed by atoms with E-state index in [1.54, 1.807) is 48.8 Å². The van der Waals surface area contributed by atoms with Crippen LogP contribution < -0.4 is 16.4 Å². The minimum Gasteiger partial charge on any atom is -0.366 e. The summed E-state index contributed by atoms with van der Waals surface area (Å²) >= 11 is 5.99. The van der Waals surface area contributed by atoms with Crippen molar-refractivity contribution in [3.05, 3.63) is 95.8 Å². The number of carbonyl (C=O) groups excluding carboxylic acids is 3. The van der Waals surface area contributed by atoms with Gasteiger partial charge in [0.25, 0.3) is 5.91 Å². The Morgan fingerprint density at radius 1 is 0.857 bits per heavy atom. The lowest BCUT2D eigenvalue weighted by Crippen LogP contribution is -2.14. The molecule has 0 atom stereocenters. The average Bonchev–Trinajstić information content (AvgIpc) is 2.86. The molecule has 2 aromatic heterocycles. The molecule has 0 bridgehead atoms. The molecule has 0 radical (unpaired) electrons. The molecule has 0 spiro atoms. The lowest BCUT2D eigenvalue weighted by atomic mass is 10.1. The van der Waals surface area contributed by atoms with E-state index in [0.29, 0.717) is 28.3 Å². The first-order valence-electron chi connectivity index (χ1n) is 10.1. The number of anilines is 2. The van der Waals surface area contributed by atoms with Gasteiger partial charge in [-0.05, 0) is 30.3 Å². The second-order valence-electron chi connectivity index (χ2n) is 6.94. The van der Waals surface area contributed by atoms with E-state index >= 15 is 0 Å². The summed E-state index contributed by atoms with van der Waals surface area (Å²) in [5.74, 6) is -0.600. The third kappa shape index (κ3) is 7.14. The summed E-state index contributed by atoms with van der Waals surface area (Å²) in [6.07, 6.45) is 7.55. The summed E-state index contributed by atoms with van der Waals surface area (Å²) in [7, 11) is 0. The van der Waals surface area contributed by atoms with Crippen LogP contribution in [0, 0.1) is 0 Å². The van der Waals surface area contributed by atoms with Crippen LogP contribution in [-0.2, 0) is 4.79 Å². The molecule has 3 amide bonds. The molecule has 4 N–H and O–H groups in total. The summed E-state index contributed by atoms with van der Waals surface area (Å²) in [6.45, 7) is 1.38. The van der Waals surface area contributed by atoms with Gasteiger partial charge in [0, 0.05) is 30.6 Å². The predicted molar refractivity (Wildman–Crippen MR) is 132 cm³/mol. The van der Waals surface area contributed by atoms with Crippen molar-refractivity contribution < 1.29 is 14.4 Å². The summed E-state index contributed by atoms with van der Waals surface area (Å²) in [5.41, 5.74) is 7.55. The maximum Gasteiger partial charge on any atom is 0.257 e. The van der Waals surface area contributed by atoms with Gasteiger partial charge in [0.1, 0.15) is 6.33 Å². The number of benzene rings is 2. The molecule has 2 heterocycles. The SMILES string of the molecule is CC(=O)Nc1ccc(Cl)c(C(=O)Nc2cncnc2)c1.NC(=O)c1ccccc1-c1ncccn1. The van der Waals surface area contributed by atoms with E-state index in [-0.39, 0.29) is 16.5 Å². The van der Waals surface area contributed by atoms with Crippen molar-refractivity contribution in [2.24, 2.45) is 5.73 Å². The molecule has 0 unspecified atom stereocenters. The van der Waals surface area contributed by atoms with Crippen molar-refractivity contribution in [3.8, 4) is 11.4 Å². The maximum atomic E-state index is 12.1. The van der Waals surface area contributed by atoms with Gasteiger partial charge in [-0.15, -0.1) is 0 Å². The number of hydrogen-bond acceptors (Lipinski definition) is 7. The number of rotatable bonds is 5. The molecule has 35 heavy (non-hydrogen) atoms. The highest BCUT2D eigenvalue weighted by Crippen LogP contribution is 2.22. The molecule has 4 rings (SSSR count). The maximum absolute atomic E-state index is 12.1. The van der Waals surface area contributed by atoms with Crippen LogP contribution in [0.25, 0.3) is 11.4 Å². The van der Waals surface area contributed by atoms with E-state index in [4.69, 9.17) is 17.3 Å². The highest BCUT2D eigenvalue weighted by molar-refractivity contribution is 6.34. The Balaban J connectivity index is 0.000000203. The first-order valence-corrected chi connectivity index (χ1v) is 10.5. The second-order valence-corrected chi connectivity index (χ2v) is 7.35. The monoisotopic (exact) mass is 489 g/mol. The van der Waals surface area contributed by atoms with Crippen LogP contribution in [0.5, 0.6) is 0 Å². The highest BCUT2D eigenvalue weighted by atomic mass is 35.5. The van der Waals surface area contributed by atoms with E-state index < -0.39 is 11.8 Å². The topological polar surface area (TPSA) is 153 Å². The van der Waals surface area contributed by atoms with Crippen LogP contribution >= 0.6 is 11.6 Å². The molecular weight excluding hydrogens is 470 g/mol. The molecule has 0 aliphatic carbocycles. The lowest BCUT2D eigenvalue weighted by molar-refractivity contribution is -0.114. The van der Waals surface area contributed by atoms with E-state index in [1.165, 1.54) is 31.7 Å². The summed E-state index contributed by atoms with van der Waals surface area (Å²) in [5, 5.41) is 5.49. The van der Waals surface area contributed by atoms with Gasteiger partial charge < -0.3 is 16.4 Å². The molecule has 0 fully saturated rings. The summed E-state index contributed by atoms with van der Waals surface area (Å²) < 4.78 is 0. The van der Waals surface area contributed by atoms with Gasteiger partial charge in [-0.1, -0.05) is 29.8 Å². The number of nitrogens with one attached hydrogen (secondary N) is 2. The first kappa shape index (κ1) is 24.9. The van der Waals surface area contributed by atoms with Gasteiger partial charge in [0.15, 0.2) is 5.82 Å². The normalized spacial score (nSPS) is 9.89. The van der Waals surface area contributed by atoms with Gasteiger partial charge >= 0.3 is 0 Å². The number of hydrogen-bond donors (Lipinski definition) is 3. The van der Waals surface area contributed by atoms with E-state index in [1.807, 2.05) is 6.07 Å². The van der Waals surface area contributed by atoms with Crippen molar-refractivity contribution >= 4 is 40.7 Å². The Kier molecular flexibility index (Phi) is 8.52. The molecule has 0 saturated carbocycles. The Morgan fingerprint density at radius 3 is 2.20 bits per heavy atom. The largest absolute Gasteiger partial charge is 0.366 e. The minimum atomic E-state index is -0.474. The zero-order chi connectivity index (χ0) is 25.2. The second kappa shape index (κ2) is 12.0. The summed E-state index contributed by atoms with van der Waals surface area (Å²) in [6, 6.07) is 13.4. The molecule has 2 aromatic carbocycles. The fourth-order valence-electron chi connectivity index (χ4n) is 2.87. The Labute approximate surface area is 205 Å². The Bertz CT molecular complexity index is 1340. The van der Waals surface area contributed by atoms with Crippen LogP contribution in [-0.4, -0.2) is 37.7 Å². The standard InChI is InChI=1S/C13H11ClN4O2.C11H9N3O/c1-8(19)17-9-2-3-12(14)11(4-9)13(20)18-10-5-15-7-16-6-10;12-10(15)8-4-1-2-5-9(8)11-13-6-3-7-14-11/h2-7H,1H3,(H,17,19)(H,18,20);1-7H,(H2,12,15). The number of aromatic nitrogens is 4. The van der Waals surface area contributed by atoms with Crippen LogP contribution in [0.1, 0.15) is 27.6 Å². The van der Waals surface area contributed by atoms with Crippen LogP contribution in [0.15, 0.2) is 79.6 Å². The molecule has 176 valence electrons. The minimum absolute atomic E-state index is 0.227. The molecule has 11 heteroatoms. The van der Waals surface area contributed by atoms with Crippen molar-refractivity contribution in [2.75, 3.05) is 10.6 Å². The molecule has 10 nitrogen and oxygen atoms in total. The highest BCUT2D eigenvalue weighted by Gasteiger charge is 2.12. The fourth-order valence-corrected chi connectivity index (χ4v) is 3.08. The van der Waals surface area contributed by atoms with Gasteiger partial charge in [0.05, 0.1) is 34.2 Å². The van der Waals surface area contributed by atoms with E-state index in [2.05, 4.69) is 30.6 Å². The number of nitrogens with two attached hydrogens (primary N) is 1. The van der Waals surface area contributed by atoms with Gasteiger partial charge in [-0.2, -0.15) is 0 Å². The zero-order valence-corrected chi connectivity index (χ0v) is 19.2. The molecule has 0 saturated heterocycles. The van der Waals surface area contributed by atoms with E-state index in [0.717, 1.165) is 0 Å².